The summed E-state index contributed by atoms with van der Waals surface area (Å²) in [5.41, 5.74) is 0. The zero-order valence-electron chi connectivity index (χ0n) is 32.8. The Labute approximate surface area is 337 Å². The number of ether oxygens (including phenoxy) is 4. The Morgan fingerprint density at radius 1 is 0.607 bits per heavy atom. The monoisotopic (exact) mass is 860 g/mol. The fraction of sp³-hybridized carbons (Fsp3) is 0.730. The van der Waals surface area contributed by atoms with E-state index < -0.39 is 17.9 Å². The molecule has 0 aliphatic carbocycles. The number of nitrogens with one attached hydrogen (secondary N) is 5. The van der Waals surface area contributed by atoms with Crippen LogP contribution in [-0.4, -0.2) is 149 Å². The minimum absolute atomic E-state index is 0.0150. The lowest BCUT2D eigenvalue weighted by molar-refractivity contribution is -0.137. The Morgan fingerprint density at radius 2 is 1.05 bits per heavy atom. The molecule has 56 heavy (non-hydrogen) atoms. The summed E-state index contributed by atoms with van der Waals surface area (Å²) in [5, 5.41) is 14.1. The van der Waals surface area contributed by atoms with E-state index in [2.05, 4.69) is 42.5 Å². The first-order valence-corrected chi connectivity index (χ1v) is 20.3. The molecule has 18 nitrogen and oxygen atoms in total. The highest BCUT2D eigenvalue weighted by atomic mass is 79.9. The van der Waals surface area contributed by atoms with Crippen LogP contribution in [0.2, 0.25) is 0 Å². The van der Waals surface area contributed by atoms with Crippen molar-refractivity contribution < 1.29 is 57.3 Å². The molecule has 0 saturated carbocycles. The van der Waals surface area contributed by atoms with Gasteiger partial charge in [-0.05, 0) is 39.0 Å². The number of hydrogen-bond donors (Lipinski definition) is 5. The maximum Gasteiger partial charge on any atom is 0.253 e. The Bertz CT molecular complexity index is 1250. The molecule has 5 N–H and O–H groups in total. The maximum absolute atomic E-state index is 12.6. The lowest BCUT2D eigenvalue weighted by Crippen LogP contribution is -2.42. The first kappa shape index (κ1) is 50.2. The van der Waals surface area contributed by atoms with Gasteiger partial charge in [0.05, 0.1) is 64.2 Å². The van der Waals surface area contributed by atoms with Crippen molar-refractivity contribution in [2.45, 2.75) is 77.7 Å². The number of ketones is 1. The number of carbonyl (C=O) groups excluding carboxylic acids is 8. The smallest absolute Gasteiger partial charge is 0.253 e. The number of Topliss-reactive ketones (excluding diaryl/α,β-unsaturated/α-hetero) is 1. The fourth-order valence-corrected chi connectivity index (χ4v) is 5.20. The molecule has 1 aliphatic rings. The minimum atomic E-state index is -0.542. The molecule has 19 heteroatoms. The SMILES string of the molecule is CC(=O)C(CCCCNC(=O)CBr)NC(=O)C(C)CCCCNC(=O)CCOCCOCCNC(=O)CCOCCOCCNC(=O)CCN1C(=O)C=CC1=O. The molecule has 1 aliphatic heterocycles. The average Bonchev–Trinajstić information content (AvgIpc) is 3.49. The number of unbranched alkanes of at least 4 members (excludes halogenated alkanes) is 2. The van der Waals surface area contributed by atoms with Crippen LogP contribution in [0.4, 0.5) is 0 Å². The summed E-state index contributed by atoms with van der Waals surface area (Å²) in [6.07, 6.45) is 6.79. The van der Waals surface area contributed by atoms with E-state index in [0.29, 0.717) is 71.7 Å². The van der Waals surface area contributed by atoms with Crippen molar-refractivity contribution in [2.24, 2.45) is 5.92 Å². The van der Waals surface area contributed by atoms with Crippen LogP contribution in [0.3, 0.4) is 0 Å². The topological polar surface area (TPSA) is 237 Å². The predicted octanol–water partition coefficient (Wildman–Crippen LogP) is 0.0583. The van der Waals surface area contributed by atoms with Gasteiger partial charge in [0.2, 0.25) is 29.5 Å². The molecule has 2 atom stereocenters. The van der Waals surface area contributed by atoms with E-state index in [9.17, 15) is 38.4 Å². The summed E-state index contributed by atoms with van der Waals surface area (Å²) in [6, 6.07) is -0.542. The van der Waals surface area contributed by atoms with Gasteiger partial charge in [-0.25, -0.2) is 0 Å². The third-order valence-corrected chi connectivity index (χ3v) is 8.80. The van der Waals surface area contributed by atoms with Crippen molar-refractivity contribution >= 4 is 63.1 Å². The number of halogens is 1. The van der Waals surface area contributed by atoms with Gasteiger partial charge in [0, 0.05) is 70.1 Å². The molecule has 1 rings (SSSR count). The van der Waals surface area contributed by atoms with Crippen LogP contribution in [0.1, 0.15) is 71.6 Å². The Hall–Kier alpha value is -3.78. The molecule has 318 valence electrons. The van der Waals surface area contributed by atoms with E-state index >= 15 is 0 Å². The Balaban J connectivity index is 1.89. The molecule has 0 bridgehead atoms. The number of carbonyl (C=O) groups is 8. The number of hydrogen-bond acceptors (Lipinski definition) is 12. The van der Waals surface area contributed by atoms with Gasteiger partial charge in [0.25, 0.3) is 11.8 Å². The normalized spacial score (nSPS) is 13.3. The predicted molar refractivity (Wildman–Crippen MR) is 208 cm³/mol. The molecular formula is C37H61BrN6O12. The van der Waals surface area contributed by atoms with E-state index in [0.717, 1.165) is 17.7 Å². The van der Waals surface area contributed by atoms with Crippen molar-refractivity contribution in [3.05, 3.63) is 12.2 Å². The number of nitrogens with zero attached hydrogens (tertiary/aromatic N) is 1. The lowest BCUT2D eigenvalue weighted by Gasteiger charge is -2.19. The molecule has 1 heterocycles. The summed E-state index contributed by atoms with van der Waals surface area (Å²) in [6.45, 7) is 7.19. The van der Waals surface area contributed by atoms with Gasteiger partial charge in [0.15, 0.2) is 5.78 Å². The van der Waals surface area contributed by atoms with Crippen LogP contribution in [0, 0.1) is 5.92 Å². The summed E-state index contributed by atoms with van der Waals surface area (Å²) >= 11 is 3.09. The number of imide groups is 1. The average molecular weight is 862 g/mol. The van der Waals surface area contributed by atoms with Crippen LogP contribution >= 0.6 is 15.9 Å². The van der Waals surface area contributed by atoms with E-state index in [-0.39, 0.29) is 105 Å². The number of alkyl halides is 1. The van der Waals surface area contributed by atoms with Crippen molar-refractivity contribution in [1.29, 1.82) is 0 Å². The van der Waals surface area contributed by atoms with Gasteiger partial charge in [-0.2, -0.15) is 0 Å². The summed E-state index contributed by atoms with van der Waals surface area (Å²) < 4.78 is 21.6. The van der Waals surface area contributed by atoms with E-state index in [1.807, 2.05) is 6.92 Å². The minimum Gasteiger partial charge on any atom is -0.379 e. The Morgan fingerprint density at radius 3 is 1.55 bits per heavy atom. The second kappa shape index (κ2) is 32.3. The number of rotatable bonds is 35. The number of amides is 7. The Kier molecular flexibility index (Phi) is 29.0. The molecule has 0 radical (unpaired) electrons. The van der Waals surface area contributed by atoms with Crippen molar-refractivity contribution in [2.75, 3.05) is 90.9 Å². The van der Waals surface area contributed by atoms with Crippen LogP contribution < -0.4 is 26.6 Å². The standard InChI is InChI=1S/C37H61BrN6O12/c1-28(37(52)43-30(29(2)45)8-4-6-15-40-34(49)27-38)7-3-5-14-39-32(47)12-19-53-23-26-56-22-17-42-33(48)13-20-54-24-25-55-21-16-41-31(46)11-18-44-35(50)9-10-36(44)51/h9-10,28,30H,3-8,11-27H2,1-2H3,(H,39,47)(H,40,49)(H,41,46)(H,42,48)(H,43,52). The summed E-state index contributed by atoms with van der Waals surface area (Å²) in [7, 11) is 0. The largest absolute Gasteiger partial charge is 0.379 e. The van der Waals surface area contributed by atoms with Gasteiger partial charge in [-0.1, -0.05) is 29.3 Å². The van der Waals surface area contributed by atoms with Gasteiger partial charge in [-0.3, -0.25) is 43.3 Å². The maximum atomic E-state index is 12.6. The molecule has 0 aromatic carbocycles. The van der Waals surface area contributed by atoms with Crippen LogP contribution in [0.5, 0.6) is 0 Å². The second-order valence-corrected chi connectivity index (χ2v) is 13.5. The highest BCUT2D eigenvalue weighted by Gasteiger charge is 2.23. The van der Waals surface area contributed by atoms with Crippen LogP contribution in [0.25, 0.3) is 0 Å². The van der Waals surface area contributed by atoms with Crippen molar-refractivity contribution in [3.8, 4) is 0 Å². The molecule has 0 aromatic rings. The molecule has 0 fully saturated rings. The first-order chi connectivity index (χ1) is 26.9. The molecule has 7 amide bonds. The van der Waals surface area contributed by atoms with E-state index in [1.54, 1.807) is 0 Å². The molecule has 2 unspecified atom stereocenters. The highest BCUT2D eigenvalue weighted by Crippen LogP contribution is 2.10. The molecule has 0 spiro atoms. The third kappa shape index (κ3) is 26.1. The van der Waals surface area contributed by atoms with Crippen LogP contribution in [-0.2, 0) is 57.3 Å². The van der Waals surface area contributed by atoms with Crippen molar-refractivity contribution in [1.82, 2.24) is 31.5 Å². The molecular weight excluding hydrogens is 800 g/mol. The second-order valence-electron chi connectivity index (χ2n) is 13.0. The lowest BCUT2D eigenvalue weighted by atomic mass is 10.0. The quantitative estimate of drug-likeness (QED) is 0.0323. The molecule has 0 aromatic heterocycles. The third-order valence-electron chi connectivity index (χ3n) is 8.30. The summed E-state index contributed by atoms with van der Waals surface area (Å²) in [5.74, 6) is -2.06. The molecule has 0 saturated heterocycles. The van der Waals surface area contributed by atoms with Gasteiger partial charge in [-0.15, -0.1) is 0 Å². The van der Waals surface area contributed by atoms with Gasteiger partial charge in [0.1, 0.15) is 0 Å². The van der Waals surface area contributed by atoms with E-state index in [4.69, 9.17) is 18.9 Å². The fourth-order valence-electron chi connectivity index (χ4n) is 5.00. The first-order valence-electron chi connectivity index (χ1n) is 19.2. The zero-order valence-corrected chi connectivity index (χ0v) is 34.4. The van der Waals surface area contributed by atoms with Crippen LogP contribution in [0.15, 0.2) is 12.2 Å². The van der Waals surface area contributed by atoms with Gasteiger partial charge < -0.3 is 45.5 Å². The highest BCUT2D eigenvalue weighted by molar-refractivity contribution is 9.09. The van der Waals surface area contributed by atoms with Gasteiger partial charge >= 0.3 is 0 Å². The zero-order chi connectivity index (χ0) is 41.4. The van der Waals surface area contributed by atoms with Crippen molar-refractivity contribution in [3.63, 3.8) is 0 Å². The summed E-state index contributed by atoms with van der Waals surface area (Å²) in [4.78, 5) is 95.6. The van der Waals surface area contributed by atoms with E-state index in [1.165, 1.54) is 19.1 Å².